The maximum atomic E-state index is 11.7. The summed E-state index contributed by atoms with van der Waals surface area (Å²) in [6, 6.07) is 0. The van der Waals surface area contributed by atoms with Gasteiger partial charge in [-0.05, 0) is 13.8 Å². The minimum atomic E-state index is 0.272. The number of rotatable bonds is 4. The van der Waals surface area contributed by atoms with E-state index in [0.717, 1.165) is 19.6 Å². The molecule has 0 radical (unpaired) electrons. The number of nitrogens with one attached hydrogen (secondary N) is 1. The van der Waals surface area contributed by atoms with Crippen LogP contribution in [0.4, 0.5) is 0 Å². The molecule has 1 N–H and O–H groups in total. The second-order valence-corrected chi connectivity index (χ2v) is 5.26. The molecule has 1 aliphatic rings. The molecular weight excluding hydrogens is 196 g/mol. The molecule has 82 valence electrons. The number of thioether (sulfide) groups is 1. The maximum absolute atomic E-state index is 11.7. The maximum Gasteiger partial charge on any atom is 0.224 e. The molecular formula is C10H20N2OS. The number of nitrogens with zero attached hydrogens (tertiary/aromatic N) is 1. The molecule has 0 aliphatic carbocycles. The lowest BCUT2D eigenvalue weighted by atomic mass is 10.3. The third kappa shape index (κ3) is 3.17. The van der Waals surface area contributed by atoms with Crippen LogP contribution in [0, 0.1) is 0 Å². The van der Waals surface area contributed by atoms with Crippen LogP contribution >= 0.6 is 11.8 Å². The molecule has 1 aliphatic heterocycles. The molecule has 0 aromatic carbocycles. The van der Waals surface area contributed by atoms with Crippen molar-refractivity contribution in [3.05, 3.63) is 0 Å². The Hall–Kier alpha value is -0.220. The lowest BCUT2D eigenvalue weighted by molar-refractivity contribution is -0.130. The van der Waals surface area contributed by atoms with Crippen molar-refractivity contribution in [2.75, 3.05) is 19.6 Å². The second-order valence-electron chi connectivity index (χ2n) is 3.61. The van der Waals surface area contributed by atoms with Crippen molar-refractivity contribution in [3.63, 3.8) is 0 Å². The fourth-order valence-corrected chi connectivity index (χ4v) is 2.84. The molecule has 0 aromatic rings. The number of carbonyl (C=O) groups is 1. The first-order chi connectivity index (χ1) is 6.67. The van der Waals surface area contributed by atoms with Crippen molar-refractivity contribution in [1.29, 1.82) is 0 Å². The molecule has 1 heterocycles. The first-order valence-corrected chi connectivity index (χ1v) is 6.28. The van der Waals surface area contributed by atoms with E-state index in [2.05, 4.69) is 12.2 Å². The first-order valence-electron chi connectivity index (χ1n) is 5.34. The smallest absolute Gasteiger partial charge is 0.224 e. The SMILES string of the molecule is CCN(CC)C(=O)CC1NCC(C)S1. The van der Waals surface area contributed by atoms with Gasteiger partial charge in [-0.15, -0.1) is 11.8 Å². The normalized spacial score (nSPS) is 26.5. The monoisotopic (exact) mass is 216 g/mol. The summed E-state index contributed by atoms with van der Waals surface area (Å²) in [5.41, 5.74) is 0. The molecule has 0 aromatic heterocycles. The van der Waals surface area contributed by atoms with Gasteiger partial charge in [0.1, 0.15) is 0 Å². The fraction of sp³-hybridized carbons (Fsp3) is 0.900. The van der Waals surface area contributed by atoms with Crippen molar-refractivity contribution in [2.45, 2.75) is 37.8 Å². The zero-order valence-corrected chi connectivity index (χ0v) is 10.1. The average Bonchev–Trinajstić information content (AvgIpc) is 2.53. The van der Waals surface area contributed by atoms with E-state index in [4.69, 9.17) is 0 Å². The van der Waals surface area contributed by atoms with E-state index in [1.807, 2.05) is 30.5 Å². The topological polar surface area (TPSA) is 32.3 Å². The second kappa shape index (κ2) is 5.61. The van der Waals surface area contributed by atoms with E-state index in [1.165, 1.54) is 0 Å². The Morgan fingerprint density at radius 1 is 1.50 bits per heavy atom. The highest BCUT2D eigenvalue weighted by molar-refractivity contribution is 8.00. The van der Waals surface area contributed by atoms with Gasteiger partial charge in [0.2, 0.25) is 5.91 Å². The van der Waals surface area contributed by atoms with Gasteiger partial charge in [0.25, 0.3) is 0 Å². The number of amides is 1. The molecule has 14 heavy (non-hydrogen) atoms. The Labute approximate surface area is 90.6 Å². The first kappa shape index (κ1) is 11.9. The molecule has 1 rings (SSSR count). The van der Waals surface area contributed by atoms with Crippen LogP contribution in [-0.4, -0.2) is 41.1 Å². The summed E-state index contributed by atoms with van der Waals surface area (Å²) in [5.74, 6) is 0.272. The van der Waals surface area contributed by atoms with E-state index in [9.17, 15) is 4.79 Å². The average molecular weight is 216 g/mol. The Morgan fingerprint density at radius 3 is 2.57 bits per heavy atom. The van der Waals surface area contributed by atoms with Gasteiger partial charge in [0.15, 0.2) is 0 Å². The number of hydrogen-bond acceptors (Lipinski definition) is 3. The molecule has 2 unspecified atom stereocenters. The highest BCUT2D eigenvalue weighted by atomic mass is 32.2. The lowest BCUT2D eigenvalue weighted by Crippen LogP contribution is -2.34. The van der Waals surface area contributed by atoms with Crippen LogP contribution in [0.15, 0.2) is 0 Å². The summed E-state index contributed by atoms with van der Waals surface area (Å²) in [6.45, 7) is 8.92. The summed E-state index contributed by atoms with van der Waals surface area (Å²) in [7, 11) is 0. The molecule has 2 atom stereocenters. The summed E-state index contributed by atoms with van der Waals surface area (Å²) < 4.78 is 0. The van der Waals surface area contributed by atoms with Crippen LogP contribution in [0.2, 0.25) is 0 Å². The van der Waals surface area contributed by atoms with Gasteiger partial charge in [-0.1, -0.05) is 6.92 Å². The number of hydrogen-bond donors (Lipinski definition) is 1. The van der Waals surface area contributed by atoms with Gasteiger partial charge in [0, 0.05) is 24.9 Å². The quantitative estimate of drug-likeness (QED) is 0.768. The number of carbonyl (C=O) groups excluding carboxylic acids is 1. The van der Waals surface area contributed by atoms with Crippen molar-refractivity contribution in [1.82, 2.24) is 10.2 Å². The van der Waals surface area contributed by atoms with Gasteiger partial charge in [-0.2, -0.15) is 0 Å². The van der Waals surface area contributed by atoms with Gasteiger partial charge >= 0.3 is 0 Å². The van der Waals surface area contributed by atoms with E-state index >= 15 is 0 Å². The Morgan fingerprint density at radius 2 is 2.14 bits per heavy atom. The predicted molar refractivity (Wildman–Crippen MR) is 61.4 cm³/mol. The van der Waals surface area contributed by atoms with E-state index < -0.39 is 0 Å². The minimum Gasteiger partial charge on any atom is -0.343 e. The predicted octanol–water partition coefficient (Wildman–Crippen LogP) is 1.30. The van der Waals surface area contributed by atoms with Crippen LogP contribution < -0.4 is 5.32 Å². The van der Waals surface area contributed by atoms with Crippen LogP contribution in [0.3, 0.4) is 0 Å². The Balaban J connectivity index is 2.32. The van der Waals surface area contributed by atoms with Gasteiger partial charge in [-0.3, -0.25) is 4.79 Å². The Kier molecular flexibility index (Phi) is 4.75. The highest BCUT2D eigenvalue weighted by Crippen LogP contribution is 2.24. The zero-order valence-electron chi connectivity index (χ0n) is 9.25. The summed E-state index contributed by atoms with van der Waals surface area (Å²) in [4.78, 5) is 13.6. The zero-order chi connectivity index (χ0) is 10.6. The molecule has 0 spiro atoms. The molecule has 1 fully saturated rings. The van der Waals surface area contributed by atoms with Crippen LogP contribution in [0.5, 0.6) is 0 Å². The van der Waals surface area contributed by atoms with E-state index in [-0.39, 0.29) is 5.91 Å². The van der Waals surface area contributed by atoms with Crippen molar-refractivity contribution in [2.24, 2.45) is 0 Å². The van der Waals surface area contributed by atoms with Crippen molar-refractivity contribution in [3.8, 4) is 0 Å². The summed E-state index contributed by atoms with van der Waals surface area (Å²) in [5, 5.41) is 4.33. The van der Waals surface area contributed by atoms with Gasteiger partial charge in [0.05, 0.1) is 11.8 Å². The molecule has 1 saturated heterocycles. The molecule has 0 bridgehead atoms. The minimum absolute atomic E-state index is 0.272. The van der Waals surface area contributed by atoms with Gasteiger partial charge in [-0.25, -0.2) is 0 Å². The summed E-state index contributed by atoms with van der Waals surface area (Å²) >= 11 is 1.87. The molecule has 0 saturated carbocycles. The van der Waals surface area contributed by atoms with Crippen molar-refractivity contribution < 1.29 is 4.79 Å². The largest absolute Gasteiger partial charge is 0.343 e. The van der Waals surface area contributed by atoms with E-state index in [1.54, 1.807) is 0 Å². The third-order valence-electron chi connectivity index (χ3n) is 2.51. The molecule has 1 amide bonds. The lowest BCUT2D eigenvalue weighted by Gasteiger charge is -2.20. The Bertz CT molecular complexity index is 195. The standard InChI is InChI=1S/C10H20N2OS/c1-4-12(5-2)10(13)6-9-11-7-8(3)14-9/h8-9,11H,4-7H2,1-3H3. The third-order valence-corrected chi connectivity index (χ3v) is 3.80. The van der Waals surface area contributed by atoms with E-state index in [0.29, 0.717) is 17.0 Å². The van der Waals surface area contributed by atoms with Crippen LogP contribution in [0.25, 0.3) is 0 Å². The van der Waals surface area contributed by atoms with Crippen molar-refractivity contribution >= 4 is 17.7 Å². The fourth-order valence-electron chi connectivity index (χ4n) is 1.66. The molecule has 3 nitrogen and oxygen atoms in total. The van der Waals surface area contributed by atoms with Gasteiger partial charge < -0.3 is 10.2 Å². The molecule has 4 heteroatoms. The van der Waals surface area contributed by atoms with Crippen LogP contribution in [-0.2, 0) is 4.79 Å². The highest BCUT2D eigenvalue weighted by Gasteiger charge is 2.24. The van der Waals surface area contributed by atoms with Crippen LogP contribution in [0.1, 0.15) is 27.2 Å². The summed E-state index contributed by atoms with van der Waals surface area (Å²) in [6.07, 6.45) is 0.636.